The lowest BCUT2D eigenvalue weighted by atomic mass is 9.93. The Kier molecular flexibility index (Phi) is 7.91. The van der Waals surface area contributed by atoms with Gasteiger partial charge in [0.1, 0.15) is 22.5 Å². The number of anilines is 1. The highest BCUT2D eigenvalue weighted by Gasteiger charge is 2.29. The minimum atomic E-state index is -3.61. The molecule has 1 unspecified atom stereocenters. The first-order chi connectivity index (χ1) is 15.3. The number of nitrogens with zero attached hydrogens (tertiary/aromatic N) is 3. The van der Waals surface area contributed by atoms with Crippen molar-refractivity contribution in [2.75, 3.05) is 50.4 Å². The van der Waals surface area contributed by atoms with Crippen LogP contribution in [0.1, 0.15) is 40.0 Å². The first-order valence-corrected chi connectivity index (χ1v) is 13.4. The number of amides is 1. The molecular formula is C23H36FN3O5S. The van der Waals surface area contributed by atoms with Gasteiger partial charge in [-0.2, -0.15) is 0 Å². The monoisotopic (exact) mass is 485 g/mol. The molecule has 0 bridgehead atoms. The van der Waals surface area contributed by atoms with E-state index in [9.17, 15) is 22.7 Å². The number of β-amino-alcohol motifs (C(OH)–C–C–N with tert-alkyl or cyclic N) is 1. The summed E-state index contributed by atoms with van der Waals surface area (Å²) in [5, 5.41) is 10.6. The normalized spacial score (nSPS) is 21.3. The van der Waals surface area contributed by atoms with Crippen LogP contribution in [-0.2, 0) is 14.6 Å². The lowest BCUT2D eigenvalue weighted by Crippen LogP contribution is -2.53. The highest BCUT2D eigenvalue weighted by molar-refractivity contribution is 7.90. The Morgan fingerprint density at radius 3 is 2.39 bits per heavy atom. The summed E-state index contributed by atoms with van der Waals surface area (Å²) in [6.07, 6.45) is 2.82. The zero-order valence-corrected chi connectivity index (χ0v) is 20.8. The number of benzene rings is 1. The van der Waals surface area contributed by atoms with E-state index in [0.717, 1.165) is 32.1 Å². The van der Waals surface area contributed by atoms with Crippen molar-refractivity contribution in [3.63, 3.8) is 0 Å². The molecule has 3 rings (SSSR count). The number of sulfone groups is 1. The number of rotatable bonds is 5. The Balaban J connectivity index is 1.45. The van der Waals surface area contributed by atoms with Crippen molar-refractivity contribution in [1.29, 1.82) is 0 Å². The van der Waals surface area contributed by atoms with E-state index in [1.807, 2.05) is 30.6 Å². The smallest absolute Gasteiger partial charge is 0.410 e. The maximum absolute atomic E-state index is 14.2. The molecule has 1 aromatic rings. The van der Waals surface area contributed by atoms with Gasteiger partial charge in [0.05, 0.1) is 6.54 Å². The van der Waals surface area contributed by atoms with Crippen LogP contribution in [0.25, 0.3) is 0 Å². The Hall–Kier alpha value is -1.91. The molecule has 1 amide bonds. The summed E-state index contributed by atoms with van der Waals surface area (Å²) in [5.41, 5.74) is 0.0707. The predicted molar refractivity (Wildman–Crippen MR) is 124 cm³/mol. The fourth-order valence-electron chi connectivity index (χ4n) is 4.36. The molecule has 2 aliphatic heterocycles. The van der Waals surface area contributed by atoms with E-state index < -0.39 is 27.5 Å². The van der Waals surface area contributed by atoms with Crippen molar-refractivity contribution in [3.05, 3.63) is 24.0 Å². The number of halogens is 1. The van der Waals surface area contributed by atoms with Crippen molar-refractivity contribution in [3.8, 4) is 0 Å². The van der Waals surface area contributed by atoms with Crippen molar-refractivity contribution in [1.82, 2.24) is 9.80 Å². The van der Waals surface area contributed by atoms with Crippen LogP contribution < -0.4 is 4.90 Å². The number of piperazine rings is 1. The molecule has 0 aromatic heterocycles. The maximum Gasteiger partial charge on any atom is 0.410 e. The van der Waals surface area contributed by atoms with Gasteiger partial charge in [-0.15, -0.1) is 0 Å². The standard InChI is InChI=1S/C23H36FN3O5S/c1-23(2,3)32-22(29)26-11-8-17(9-12-26)7-10-25-13-14-27(16-21(25)28)18-5-6-20(19(24)15-18)33(4,30)31/h5-6,15,17,21,28H,7-14,16H2,1-4H3. The van der Waals surface area contributed by atoms with Gasteiger partial charge in [-0.1, -0.05) is 0 Å². The van der Waals surface area contributed by atoms with Gasteiger partial charge in [0.25, 0.3) is 0 Å². The Labute approximate surface area is 196 Å². The number of aliphatic hydroxyl groups excluding tert-OH is 1. The largest absolute Gasteiger partial charge is 0.444 e. The molecule has 0 radical (unpaired) electrons. The van der Waals surface area contributed by atoms with Crippen LogP contribution in [0.3, 0.4) is 0 Å². The lowest BCUT2D eigenvalue weighted by Gasteiger charge is -2.41. The van der Waals surface area contributed by atoms with E-state index in [0.29, 0.717) is 44.3 Å². The number of carbonyl (C=O) groups excluding carboxylic acids is 1. The molecule has 0 spiro atoms. The zero-order valence-electron chi connectivity index (χ0n) is 20.0. The number of hydrogen-bond donors (Lipinski definition) is 1. The molecule has 2 fully saturated rings. The van der Waals surface area contributed by atoms with Crippen LogP contribution in [0.4, 0.5) is 14.9 Å². The van der Waals surface area contributed by atoms with Gasteiger partial charge in [0.15, 0.2) is 9.84 Å². The Bertz CT molecular complexity index is 942. The molecule has 1 N–H and O–H groups in total. The third-order valence-electron chi connectivity index (χ3n) is 6.23. The van der Waals surface area contributed by atoms with Crippen molar-refractivity contribution in [2.45, 2.75) is 56.8 Å². The fourth-order valence-corrected chi connectivity index (χ4v) is 5.09. The van der Waals surface area contributed by atoms with Crippen molar-refractivity contribution in [2.24, 2.45) is 5.92 Å². The number of ether oxygens (including phenoxy) is 1. The van der Waals surface area contributed by atoms with Gasteiger partial charge in [0, 0.05) is 44.7 Å². The summed E-state index contributed by atoms with van der Waals surface area (Å²) in [5.74, 6) is -0.281. The van der Waals surface area contributed by atoms with Crippen LogP contribution in [0.2, 0.25) is 0 Å². The molecule has 0 saturated carbocycles. The highest BCUT2D eigenvalue weighted by atomic mass is 32.2. The summed E-state index contributed by atoms with van der Waals surface area (Å²) in [4.78, 5) is 17.6. The van der Waals surface area contributed by atoms with E-state index in [1.165, 1.54) is 12.1 Å². The van der Waals surface area contributed by atoms with E-state index >= 15 is 0 Å². The highest BCUT2D eigenvalue weighted by Crippen LogP contribution is 2.26. The predicted octanol–water partition coefficient (Wildman–Crippen LogP) is 2.71. The van der Waals surface area contributed by atoms with Gasteiger partial charge >= 0.3 is 6.09 Å². The lowest BCUT2D eigenvalue weighted by molar-refractivity contribution is -0.00919. The molecule has 0 aliphatic carbocycles. The van der Waals surface area contributed by atoms with Crippen LogP contribution >= 0.6 is 0 Å². The van der Waals surface area contributed by atoms with Crippen LogP contribution in [0.15, 0.2) is 23.1 Å². The van der Waals surface area contributed by atoms with Gasteiger partial charge < -0.3 is 19.6 Å². The van der Waals surface area contributed by atoms with E-state index in [2.05, 4.69) is 0 Å². The summed E-state index contributed by atoms with van der Waals surface area (Å²) in [7, 11) is -3.61. The third-order valence-corrected chi connectivity index (χ3v) is 7.36. The van der Waals surface area contributed by atoms with E-state index in [4.69, 9.17) is 4.74 Å². The summed E-state index contributed by atoms with van der Waals surface area (Å²) >= 11 is 0. The second-order valence-electron chi connectivity index (χ2n) is 10.0. The van der Waals surface area contributed by atoms with Crippen LogP contribution in [0.5, 0.6) is 0 Å². The minimum absolute atomic E-state index is 0.256. The second kappa shape index (κ2) is 10.1. The van der Waals surface area contributed by atoms with Gasteiger partial charge in [-0.3, -0.25) is 4.90 Å². The molecule has 2 aliphatic rings. The van der Waals surface area contributed by atoms with E-state index in [1.54, 1.807) is 11.0 Å². The van der Waals surface area contributed by atoms with Crippen molar-refractivity contribution < 1.29 is 27.4 Å². The summed E-state index contributed by atoms with van der Waals surface area (Å²) in [6, 6.07) is 4.08. The van der Waals surface area contributed by atoms with Gasteiger partial charge in [0.2, 0.25) is 0 Å². The average molecular weight is 486 g/mol. The molecule has 1 aromatic carbocycles. The molecule has 33 heavy (non-hydrogen) atoms. The molecule has 10 heteroatoms. The zero-order chi connectivity index (χ0) is 24.4. The molecular weight excluding hydrogens is 449 g/mol. The quantitative estimate of drug-likeness (QED) is 0.686. The average Bonchev–Trinajstić information content (AvgIpc) is 2.71. The second-order valence-corrected chi connectivity index (χ2v) is 12.0. The van der Waals surface area contributed by atoms with Gasteiger partial charge in [-0.05, 0) is 64.2 Å². The first kappa shape index (κ1) is 25.7. The van der Waals surface area contributed by atoms with Crippen LogP contribution in [0, 0.1) is 11.7 Å². The first-order valence-electron chi connectivity index (χ1n) is 11.5. The number of aliphatic hydroxyl groups is 1. The fraction of sp³-hybridized carbons (Fsp3) is 0.696. The SMILES string of the molecule is CC(C)(C)OC(=O)N1CCC(CCN2CCN(c3ccc(S(C)(=O)=O)c(F)c3)CC2O)CC1. The topological polar surface area (TPSA) is 90.4 Å². The maximum atomic E-state index is 14.2. The number of likely N-dealkylation sites (tertiary alicyclic amines) is 1. The summed E-state index contributed by atoms with van der Waals surface area (Å²) < 4.78 is 42.9. The summed E-state index contributed by atoms with van der Waals surface area (Å²) in [6.45, 7) is 9.30. The number of hydrogen-bond acceptors (Lipinski definition) is 7. The molecule has 186 valence electrons. The minimum Gasteiger partial charge on any atom is -0.444 e. The molecule has 1 atom stereocenters. The third kappa shape index (κ3) is 7.04. The number of carbonyl (C=O) groups is 1. The Morgan fingerprint density at radius 1 is 1.18 bits per heavy atom. The van der Waals surface area contributed by atoms with Gasteiger partial charge in [-0.25, -0.2) is 17.6 Å². The Morgan fingerprint density at radius 2 is 1.85 bits per heavy atom. The molecule has 2 heterocycles. The number of piperidine rings is 1. The molecule has 2 saturated heterocycles. The van der Waals surface area contributed by atoms with Crippen molar-refractivity contribution >= 4 is 21.6 Å². The van der Waals surface area contributed by atoms with E-state index in [-0.39, 0.29) is 11.0 Å². The molecule has 8 nitrogen and oxygen atoms in total. The van der Waals surface area contributed by atoms with Crippen LogP contribution in [-0.4, -0.2) is 86.8 Å².